The molecule has 1 aromatic heterocycles. The maximum Gasteiger partial charge on any atom is 0.253 e. The Balaban J connectivity index is 2.90. The lowest BCUT2D eigenvalue weighted by Crippen LogP contribution is -2.42. The number of carbonyl (C=O) groups excluding carboxylic acids is 1. The minimum atomic E-state index is -0.0626. The van der Waals surface area contributed by atoms with E-state index in [9.17, 15) is 4.79 Å². The van der Waals surface area contributed by atoms with E-state index in [4.69, 9.17) is 5.73 Å². The number of carbonyl (C=O) groups is 1. The number of nitrogens with zero attached hydrogens (tertiary/aromatic N) is 2. The van der Waals surface area contributed by atoms with Gasteiger partial charge in [0.1, 0.15) is 0 Å². The van der Waals surface area contributed by atoms with E-state index in [1.807, 2.05) is 17.9 Å². The average Bonchev–Trinajstić information content (AvgIpc) is 2.37. The third-order valence-electron chi connectivity index (χ3n) is 3.10. The van der Waals surface area contributed by atoms with Crippen molar-refractivity contribution in [3.05, 3.63) is 29.6 Å². The van der Waals surface area contributed by atoms with Crippen molar-refractivity contribution in [2.24, 2.45) is 11.1 Å². The summed E-state index contributed by atoms with van der Waals surface area (Å²) in [5.74, 6) is 0.0638. The molecule has 0 radical (unpaired) electrons. The van der Waals surface area contributed by atoms with Crippen molar-refractivity contribution in [2.45, 2.75) is 34.1 Å². The molecule has 1 aromatic rings. The van der Waals surface area contributed by atoms with Gasteiger partial charge in [-0.05, 0) is 37.4 Å². The maximum atomic E-state index is 12.5. The number of aromatic nitrogens is 1. The zero-order valence-electron chi connectivity index (χ0n) is 12.4. The van der Waals surface area contributed by atoms with Gasteiger partial charge in [0.2, 0.25) is 0 Å². The van der Waals surface area contributed by atoms with Crippen molar-refractivity contribution in [3.8, 4) is 0 Å². The van der Waals surface area contributed by atoms with Crippen LogP contribution in [0.1, 0.15) is 43.2 Å². The molecule has 0 bridgehead atoms. The quantitative estimate of drug-likeness (QED) is 0.856. The number of nitrogens with two attached hydrogens (primary N) is 1. The second-order valence-electron chi connectivity index (χ2n) is 5.78. The summed E-state index contributed by atoms with van der Waals surface area (Å²) >= 11 is 0. The first-order chi connectivity index (χ1) is 8.89. The Bertz CT molecular complexity index is 429. The van der Waals surface area contributed by atoms with Crippen molar-refractivity contribution in [1.29, 1.82) is 0 Å². The summed E-state index contributed by atoms with van der Waals surface area (Å²) in [6.07, 6.45) is 2.62. The van der Waals surface area contributed by atoms with Crippen LogP contribution in [0.4, 0.5) is 0 Å². The monoisotopic (exact) mass is 263 g/mol. The molecule has 0 fully saturated rings. The lowest BCUT2D eigenvalue weighted by Gasteiger charge is -2.31. The largest absolute Gasteiger partial charge is 0.338 e. The average molecular weight is 263 g/mol. The molecule has 106 valence electrons. The fourth-order valence-corrected chi connectivity index (χ4v) is 1.96. The van der Waals surface area contributed by atoms with E-state index in [0.717, 1.165) is 18.7 Å². The maximum absolute atomic E-state index is 12.5. The van der Waals surface area contributed by atoms with Gasteiger partial charge in [0.05, 0.1) is 0 Å². The lowest BCUT2D eigenvalue weighted by atomic mass is 9.92. The highest BCUT2D eigenvalue weighted by Gasteiger charge is 2.24. The first-order valence-electron chi connectivity index (χ1n) is 6.81. The summed E-state index contributed by atoms with van der Waals surface area (Å²) < 4.78 is 0. The molecule has 0 aliphatic heterocycles. The molecule has 0 saturated carbocycles. The topological polar surface area (TPSA) is 59.2 Å². The molecule has 1 rings (SSSR count). The number of aryl methyl sites for hydroxylation is 1. The van der Waals surface area contributed by atoms with Crippen LogP contribution < -0.4 is 5.73 Å². The molecule has 19 heavy (non-hydrogen) atoms. The first-order valence-corrected chi connectivity index (χ1v) is 6.81. The lowest BCUT2D eigenvalue weighted by molar-refractivity contribution is 0.0689. The van der Waals surface area contributed by atoms with Crippen LogP contribution in [0, 0.1) is 12.3 Å². The van der Waals surface area contributed by atoms with Crippen LogP contribution >= 0.6 is 0 Å². The zero-order chi connectivity index (χ0) is 14.5. The molecular formula is C15H25N3O. The van der Waals surface area contributed by atoms with Crippen LogP contribution in [0.25, 0.3) is 0 Å². The molecule has 0 unspecified atom stereocenters. The number of hydrogen-bond donors (Lipinski definition) is 1. The Kier molecular flexibility index (Phi) is 5.48. The minimum absolute atomic E-state index is 0.0626. The zero-order valence-corrected chi connectivity index (χ0v) is 12.4. The molecule has 0 aromatic carbocycles. The molecule has 0 atom stereocenters. The Morgan fingerprint density at radius 1 is 1.47 bits per heavy atom. The molecule has 4 heteroatoms. The molecule has 1 amide bonds. The van der Waals surface area contributed by atoms with Gasteiger partial charge in [-0.25, -0.2) is 0 Å². The number of pyridine rings is 1. The van der Waals surface area contributed by atoms with Gasteiger partial charge < -0.3 is 10.6 Å². The minimum Gasteiger partial charge on any atom is -0.338 e. The van der Waals surface area contributed by atoms with Crippen molar-refractivity contribution in [3.63, 3.8) is 0 Å². The van der Waals surface area contributed by atoms with Crippen LogP contribution in [0.15, 0.2) is 18.3 Å². The Labute approximate surface area is 116 Å². The van der Waals surface area contributed by atoms with Crippen molar-refractivity contribution >= 4 is 5.91 Å². The Morgan fingerprint density at radius 3 is 2.68 bits per heavy atom. The van der Waals surface area contributed by atoms with E-state index in [2.05, 4.69) is 25.8 Å². The summed E-state index contributed by atoms with van der Waals surface area (Å²) in [6, 6.07) is 3.61. The normalized spacial score (nSPS) is 11.4. The third kappa shape index (κ3) is 4.63. The predicted molar refractivity (Wildman–Crippen MR) is 78.0 cm³/mol. The van der Waals surface area contributed by atoms with Crippen molar-refractivity contribution < 1.29 is 4.79 Å². The number of rotatable bonds is 6. The van der Waals surface area contributed by atoms with Gasteiger partial charge in [-0.2, -0.15) is 0 Å². The van der Waals surface area contributed by atoms with E-state index in [-0.39, 0.29) is 11.3 Å². The van der Waals surface area contributed by atoms with Gasteiger partial charge in [0.25, 0.3) is 5.91 Å². The van der Waals surface area contributed by atoms with E-state index in [0.29, 0.717) is 18.7 Å². The Morgan fingerprint density at radius 2 is 2.16 bits per heavy atom. The van der Waals surface area contributed by atoms with Gasteiger partial charge >= 0.3 is 0 Å². The molecular weight excluding hydrogens is 238 g/mol. The van der Waals surface area contributed by atoms with Crippen LogP contribution in [0.5, 0.6) is 0 Å². The summed E-state index contributed by atoms with van der Waals surface area (Å²) in [5, 5.41) is 0. The van der Waals surface area contributed by atoms with Crippen LogP contribution in [0.3, 0.4) is 0 Å². The van der Waals surface area contributed by atoms with Crippen molar-refractivity contribution in [2.75, 3.05) is 19.6 Å². The summed E-state index contributed by atoms with van der Waals surface area (Å²) in [4.78, 5) is 18.6. The molecule has 0 aliphatic carbocycles. The summed E-state index contributed by atoms with van der Waals surface area (Å²) in [7, 11) is 0. The molecule has 0 aliphatic rings. The fraction of sp³-hybridized carbons (Fsp3) is 0.600. The SMILES string of the molecule is CCCN(CC(C)(C)CN)C(=O)c1ccnc(C)c1. The van der Waals surface area contributed by atoms with E-state index in [1.165, 1.54) is 0 Å². The van der Waals surface area contributed by atoms with Gasteiger partial charge in [0.15, 0.2) is 0 Å². The smallest absolute Gasteiger partial charge is 0.253 e. The molecule has 1 heterocycles. The third-order valence-corrected chi connectivity index (χ3v) is 3.10. The highest BCUT2D eigenvalue weighted by molar-refractivity contribution is 5.94. The second-order valence-corrected chi connectivity index (χ2v) is 5.78. The molecule has 4 nitrogen and oxygen atoms in total. The van der Waals surface area contributed by atoms with Crippen molar-refractivity contribution in [1.82, 2.24) is 9.88 Å². The molecule has 0 saturated heterocycles. The van der Waals surface area contributed by atoms with E-state index in [1.54, 1.807) is 12.3 Å². The highest BCUT2D eigenvalue weighted by Crippen LogP contribution is 2.17. The van der Waals surface area contributed by atoms with Gasteiger partial charge in [-0.3, -0.25) is 9.78 Å². The van der Waals surface area contributed by atoms with Gasteiger partial charge in [-0.15, -0.1) is 0 Å². The standard InChI is InChI=1S/C15H25N3O/c1-5-8-18(11-15(3,4)10-16)14(19)13-6-7-17-12(2)9-13/h6-7,9H,5,8,10-11,16H2,1-4H3. The predicted octanol–water partition coefficient (Wildman–Crippen LogP) is 2.23. The fourth-order valence-electron chi connectivity index (χ4n) is 1.96. The number of hydrogen-bond acceptors (Lipinski definition) is 3. The highest BCUT2D eigenvalue weighted by atomic mass is 16.2. The summed E-state index contributed by atoms with van der Waals surface area (Å²) in [6.45, 7) is 10.1. The first kappa shape index (κ1) is 15.6. The van der Waals surface area contributed by atoms with E-state index < -0.39 is 0 Å². The van der Waals surface area contributed by atoms with Crippen LogP contribution in [0.2, 0.25) is 0 Å². The van der Waals surface area contributed by atoms with Crippen LogP contribution in [-0.2, 0) is 0 Å². The van der Waals surface area contributed by atoms with E-state index >= 15 is 0 Å². The Hall–Kier alpha value is -1.42. The van der Waals surface area contributed by atoms with Gasteiger partial charge in [0, 0.05) is 30.5 Å². The number of amides is 1. The van der Waals surface area contributed by atoms with Gasteiger partial charge in [-0.1, -0.05) is 20.8 Å². The second kappa shape index (κ2) is 6.66. The molecule has 0 spiro atoms. The summed E-state index contributed by atoms with van der Waals surface area (Å²) in [5.41, 5.74) is 7.27. The molecule has 2 N–H and O–H groups in total. The van der Waals surface area contributed by atoms with Crippen LogP contribution in [-0.4, -0.2) is 35.4 Å².